The van der Waals surface area contributed by atoms with Crippen LogP contribution in [0.15, 0.2) is 53.3 Å². The van der Waals surface area contributed by atoms with E-state index in [9.17, 15) is 9.59 Å². The molecular formula is C19H15N3O4. The van der Waals surface area contributed by atoms with E-state index in [2.05, 4.69) is 4.98 Å². The molecule has 0 aliphatic rings. The van der Waals surface area contributed by atoms with Gasteiger partial charge in [-0.15, -0.1) is 0 Å². The molecule has 0 saturated heterocycles. The first-order chi connectivity index (χ1) is 12.7. The molecule has 0 radical (unpaired) electrons. The number of benzene rings is 2. The van der Waals surface area contributed by atoms with Gasteiger partial charge in [0.25, 0.3) is 5.56 Å². The summed E-state index contributed by atoms with van der Waals surface area (Å²) in [4.78, 5) is 29.3. The number of nitrogens with zero attached hydrogens (tertiary/aromatic N) is 3. The fourth-order valence-corrected chi connectivity index (χ4v) is 2.58. The van der Waals surface area contributed by atoms with Gasteiger partial charge in [0.15, 0.2) is 5.82 Å². The number of hydrogen-bond acceptors (Lipinski definition) is 6. The average Bonchev–Trinajstić information content (AvgIpc) is 2.68. The van der Waals surface area contributed by atoms with Gasteiger partial charge >= 0.3 is 5.97 Å². The SMILES string of the molecule is COc1ccccc1C(=O)OCc1nc2ccccc2c(=O)n1CC#N. The molecule has 0 aliphatic heterocycles. The van der Waals surface area contributed by atoms with Crippen molar-refractivity contribution in [3.63, 3.8) is 0 Å². The molecule has 0 bridgehead atoms. The number of carbonyl (C=O) groups excluding carboxylic acids is 1. The lowest BCUT2D eigenvalue weighted by molar-refractivity contribution is 0.0453. The van der Waals surface area contributed by atoms with Crippen molar-refractivity contribution < 1.29 is 14.3 Å². The molecule has 7 heteroatoms. The lowest BCUT2D eigenvalue weighted by atomic mass is 10.2. The van der Waals surface area contributed by atoms with E-state index in [0.717, 1.165) is 0 Å². The molecule has 0 amide bonds. The number of rotatable bonds is 5. The van der Waals surface area contributed by atoms with Gasteiger partial charge in [-0.05, 0) is 24.3 Å². The molecule has 3 rings (SSSR count). The third-order valence-corrected chi connectivity index (χ3v) is 3.83. The molecule has 130 valence electrons. The number of carbonyl (C=O) groups is 1. The largest absolute Gasteiger partial charge is 0.496 e. The van der Waals surface area contributed by atoms with Crippen molar-refractivity contribution in [2.24, 2.45) is 0 Å². The van der Waals surface area contributed by atoms with E-state index in [1.807, 2.05) is 6.07 Å². The third-order valence-electron chi connectivity index (χ3n) is 3.83. The zero-order valence-electron chi connectivity index (χ0n) is 14.0. The van der Waals surface area contributed by atoms with Crippen LogP contribution in [0, 0.1) is 11.3 Å². The zero-order valence-corrected chi connectivity index (χ0v) is 14.0. The van der Waals surface area contributed by atoms with Gasteiger partial charge in [0.1, 0.15) is 24.5 Å². The summed E-state index contributed by atoms with van der Waals surface area (Å²) in [5, 5.41) is 9.41. The van der Waals surface area contributed by atoms with Crippen LogP contribution in [-0.4, -0.2) is 22.6 Å². The number of para-hydroxylation sites is 2. The van der Waals surface area contributed by atoms with Crippen LogP contribution in [0.25, 0.3) is 10.9 Å². The second-order valence-corrected chi connectivity index (χ2v) is 5.37. The summed E-state index contributed by atoms with van der Waals surface area (Å²) >= 11 is 0. The Balaban J connectivity index is 1.93. The van der Waals surface area contributed by atoms with Gasteiger partial charge in [-0.3, -0.25) is 9.36 Å². The van der Waals surface area contributed by atoms with Crippen molar-refractivity contribution in [2.75, 3.05) is 7.11 Å². The van der Waals surface area contributed by atoms with Gasteiger partial charge in [0.05, 0.1) is 24.1 Å². The Kier molecular flexibility index (Phi) is 4.94. The molecule has 2 aromatic carbocycles. The number of aromatic nitrogens is 2. The van der Waals surface area contributed by atoms with Crippen molar-refractivity contribution >= 4 is 16.9 Å². The predicted octanol–water partition coefficient (Wildman–Crippen LogP) is 2.29. The third kappa shape index (κ3) is 3.26. The molecule has 3 aromatic rings. The molecule has 1 aromatic heterocycles. The van der Waals surface area contributed by atoms with Crippen molar-refractivity contribution in [2.45, 2.75) is 13.2 Å². The highest BCUT2D eigenvalue weighted by Crippen LogP contribution is 2.19. The minimum Gasteiger partial charge on any atom is -0.496 e. The van der Waals surface area contributed by atoms with Crippen LogP contribution >= 0.6 is 0 Å². The quantitative estimate of drug-likeness (QED) is 0.656. The average molecular weight is 349 g/mol. The number of esters is 1. The second-order valence-electron chi connectivity index (χ2n) is 5.37. The first-order valence-electron chi connectivity index (χ1n) is 7.81. The maximum atomic E-state index is 12.6. The summed E-state index contributed by atoms with van der Waals surface area (Å²) in [5.74, 6) is -0.00903. The van der Waals surface area contributed by atoms with E-state index in [1.165, 1.54) is 11.7 Å². The molecule has 26 heavy (non-hydrogen) atoms. The summed E-state index contributed by atoms with van der Waals surface area (Å²) in [6.07, 6.45) is 0. The predicted molar refractivity (Wildman–Crippen MR) is 93.7 cm³/mol. The van der Waals surface area contributed by atoms with E-state index >= 15 is 0 Å². The van der Waals surface area contributed by atoms with Crippen LogP contribution in [0.1, 0.15) is 16.2 Å². The molecule has 0 atom stereocenters. The summed E-state index contributed by atoms with van der Waals surface area (Å²) in [6, 6.07) is 15.4. The van der Waals surface area contributed by atoms with Crippen LogP contribution in [0.5, 0.6) is 5.75 Å². The van der Waals surface area contributed by atoms with Crippen LogP contribution in [0.4, 0.5) is 0 Å². The topological polar surface area (TPSA) is 94.2 Å². The van der Waals surface area contributed by atoms with Crippen molar-refractivity contribution in [3.8, 4) is 11.8 Å². The molecule has 0 aliphatic carbocycles. The lowest BCUT2D eigenvalue weighted by Gasteiger charge is -2.12. The van der Waals surface area contributed by atoms with Crippen molar-refractivity contribution in [3.05, 3.63) is 70.3 Å². The zero-order chi connectivity index (χ0) is 18.5. The highest BCUT2D eigenvalue weighted by Gasteiger charge is 2.16. The van der Waals surface area contributed by atoms with Gasteiger partial charge in [-0.2, -0.15) is 5.26 Å². The molecule has 1 heterocycles. The molecule has 0 spiro atoms. The molecule has 7 nitrogen and oxygen atoms in total. The monoisotopic (exact) mass is 349 g/mol. The lowest BCUT2D eigenvalue weighted by Crippen LogP contribution is -2.26. The number of hydrogen-bond donors (Lipinski definition) is 0. The van der Waals surface area contributed by atoms with Crippen LogP contribution in [-0.2, 0) is 17.9 Å². The normalized spacial score (nSPS) is 10.3. The summed E-state index contributed by atoms with van der Waals surface area (Å²) in [6.45, 7) is -0.420. The highest BCUT2D eigenvalue weighted by molar-refractivity contribution is 5.92. The minimum atomic E-state index is -0.603. The maximum Gasteiger partial charge on any atom is 0.342 e. The molecule has 0 unspecified atom stereocenters. The fraction of sp³-hybridized carbons (Fsp3) is 0.158. The van der Waals surface area contributed by atoms with Crippen LogP contribution in [0.2, 0.25) is 0 Å². The second kappa shape index (κ2) is 7.49. The molecular weight excluding hydrogens is 334 g/mol. The summed E-state index contributed by atoms with van der Waals surface area (Å²) < 4.78 is 11.6. The summed E-state index contributed by atoms with van der Waals surface area (Å²) in [7, 11) is 1.46. The Morgan fingerprint density at radius 3 is 2.69 bits per heavy atom. The van der Waals surface area contributed by atoms with Crippen LogP contribution in [0.3, 0.4) is 0 Å². The Labute approximate surface area is 149 Å². The fourth-order valence-electron chi connectivity index (χ4n) is 2.58. The molecule has 0 fully saturated rings. The Morgan fingerprint density at radius 1 is 1.19 bits per heavy atom. The Bertz CT molecular complexity index is 1070. The first kappa shape index (κ1) is 17.2. The van der Waals surface area contributed by atoms with E-state index in [0.29, 0.717) is 16.7 Å². The number of nitriles is 1. The maximum absolute atomic E-state index is 12.6. The smallest absolute Gasteiger partial charge is 0.342 e. The van der Waals surface area contributed by atoms with Gasteiger partial charge in [-0.1, -0.05) is 24.3 Å². The number of methoxy groups -OCH3 is 1. The number of fused-ring (bicyclic) bond motifs is 1. The minimum absolute atomic E-state index is 0.182. The van der Waals surface area contributed by atoms with E-state index in [-0.39, 0.29) is 30.1 Å². The van der Waals surface area contributed by atoms with E-state index < -0.39 is 5.97 Å². The van der Waals surface area contributed by atoms with Crippen molar-refractivity contribution in [1.82, 2.24) is 9.55 Å². The van der Waals surface area contributed by atoms with E-state index in [1.54, 1.807) is 48.5 Å². The van der Waals surface area contributed by atoms with Gasteiger partial charge in [-0.25, -0.2) is 9.78 Å². The van der Waals surface area contributed by atoms with Gasteiger partial charge in [0, 0.05) is 0 Å². The summed E-state index contributed by atoms with van der Waals surface area (Å²) in [5.41, 5.74) is 0.403. The number of ether oxygens (including phenoxy) is 2. The van der Waals surface area contributed by atoms with Crippen molar-refractivity contribution in [1.29, 1.82) is 5.26 Å². The van der Waals surface area contributed by atoms with Gasteiger partial charge in [0.2, 0.25) is 0 Å². The van der Waals surface area contributed by atoms with Crippen LogP contribution < -0.4 is 10.3 Å². The Morgan fingerprint density at radius 2 is 1.92 bits per heavy atom. The molecule has 0 N–H and O–H groups in total. The van der Waals surface area contributed by atoms with E-state index in [4.69, 9.17) is 14.7 Å². The first-order valence-corrected chi connectivity index (χ1v) is 7.81. The highest BCUT2D eigenvalue weighted by atomic mass is 16.5. The Hall–Kier alpha value is -3.66. The molecule has 0 saturated carbocycles. The van der Waals surface area contributed by atoms with Gasteiger partial charge < -0.3 is 9.47 Å². The standard InChI is InChI=1S/C19H15N3O4/c1-25-16-9-5-3-7-14(16)19(24)26-12-17-21-15-8-4-2-6-13(15)18(23)22(17)11-10-20/h2-9H,11-12H2,1H3.